The number of carbonyl (C=O) groups excluding carboxylic acids is 1. The Morgan fingerprint density at radius 3 is 2.10 bits per heavy atom. The highest BCUT2D eigenvalue weighted by atomic mass is 35.5. The summed E-state index contributed by atoms with van der Waals surface area (Å²) in [7, 11) is -3.57. The van der Waals surface area contributed by atoms with E-state index in [4.69, 9.17) is 11.6 Å². The fourth-order valence-electron chi connectivity index (χ4n) is 0.300. The van der Waals surface area contributed by atoms with Gasteiger partial charge in [-0.05, 0) is 18.5 Å². The summed E-state index contributed by atoms with van der Waals surface area (Å²) in [6.07, 6.45) is -0.250. The lowest BCUT2D eigenvalue weighted by Crippen LogP contribution is -2.19. The number of hydrogen-bond donors (Lipinski definition) is 0. The van der Waals surface area contributed by atoms with Crippen LogP contribution in [0.2, 0.25) is 0 Å². The third kappa shape index (κ3) is 4.72. The Morgan fingerprint density at radius 2 is 2.00 bits per heavy atom. The molecule has 1 atom stereocenters. The number of carbonyl (C=O) groups is 1. The molecule has 0 rings (SSSR count). The lowest BCUT2D eigenvalue weighted by atomic mass is 10.5. The van der Waals surface area contributed by atoms with E-state index in [1.54, 1.807) is 0 Å². The Morgan fingerprint density at radius 1 is 1.60 bits per heavy atom. The Balaban J connectivity index is 4.06. The fraction of sp³-hybridized carbons (Fsp3) is 0.750. The van der Waals surface area contributed by atoms with Crippen LogP contribution in [0.25, 0.3) is 0 Å². The highest BCUT2D eigenvalue weighted by molar-refractivity contribution is 7.86. The molecule has 10 heavy (non-hydrogen) atoms. The number of halogens is 1. The van der Waals surface area contributed by atoms with Gasteiger partial charge in [-0.3, -0.25) is 8.98 Å². The van der Waals surface area contributed by atoms with E-state index in [0.717, 1.165) is 6.26 Å². The van der Waals surface area contributed by atoms with E-state index in [2.05, 4.69) is 4.18 Å². The minimum Gasteiger partial charge on any atom is -0.278 e. The summed E-state index contributed by atoms with van der Waals surface area (Å²) in [5.74, 6) is 0. The van der Waals surface area contributed by atoms with Crippen molar-refractivity contribution in [2.24, 2.45) is 0 Å². The van der Waals surface area contributed by atoms with Crippen molar-refractivity contribution in [3.63, 3.8) is 0 Å². The molecule has 0 unspecified atom stereocenters. The van der Waals surface area contributed by atoms with Crippen LogP contribution in [0.15, 0.2) is 0 Å². The first-order valence-electron chi connectivity index (χ1n) is 2.40. The van der Waals surface area contributed by atoms with Gasteiger partial charge in [-0.1, -0.05) is 0 Å². The zero-order valence-electron chi connectivity index (χ0n) is 5.50. The topological polar surface area (TPSA) is 60.4 Å². The van der Waals surface area contributed by atoms with E-state index in [0.29, 0.717) is 0 Å². The van der Waals surface area contributed by atoms with Crippen molar-refractivity contribution in [3.8, 4) is 0 Å². The van der Waals surface area contributed by atoms with Gasteiger partial charge >= 0.3 is 0 Å². The molecule has 0 aromatic heterocycles. The highest BCUT2D eigenvalue weighted by Gasteiger charge is 2.15. The fourth-order valence-corrected chi connectivity index (χ4v) is 1.01. The molecule has 0 saturated carbocycles. The maximum atomic E-state index is 10.3. The molecule has 0 aromatic carbocycles. The van der Waals surface area contributed by atoms with Gasteiger partial charge in [-0.2, -0.15) is 8.42 Å². The second-order valence-corrected chi connectivity index (χ2v) is 3.72. The van der Waals surface area contributed by atoms with E-state index < -0.39 is 21.5 Å². The minimum absolute atomic E-state index is 0.828. The predicted molar refractivity (Wildman–Crippen MR) is 36.3 cm³/mol. The predicted octanol–water partition coefficient (Wildman–Crippen LogP) is 0.117. The average molecular weight is 187 g/mol. The van der Waals surface area contributed by atoms with E-state index in [1.165, 1.54) is 6.92 Å². The summed E-state index contributed by atoms with van der Waals surface area (Å²) < 4.78 is 24.8. The van der Waals surface area contributed by atoms with Gasteiger partial charge in [0.2, 0.25) is 0 Å². The SMILES string of the molecule is C[C@@H](OS(C)(=O)=O)C(=O)Cl. The third-order valence-corrected chi connectivity index (χ3v) is 1.58. The lowest BCUT2D eigenvalue weighted by Gasteiger charge is -2.03. The van der Waals surface area contributed by atoms with Crippen LogP contribution in [0, 0.1) is 0 Å². The normalized spacial score (nSPS) is 14.7. The minimum atomic E-state index is -3.57. The number of hydrogen-bond acceptors (Lipinski definition) is 4. The molecule has 0 aromatic rings. The largest absolute Gasteiger partial charge is 0.278 e. The zero-order chi connectivity index (χ0) is 8.36. The van der Waals surface area contributed by atoms with Crippen molar-refractivity contribution >= 4 is 27.0 Å². The molecule has 0 bridgehead atoms. The molecule has 0 radical (unpaired) electrons. The van der Waals surface area contributed by atoms with Gasteiger partial charge in [0, 0.05) is 0 Å². The molecular formula is C4H7ClO4S. The van der Waals surface area contributed by atoms with E-state index in [1.807, 2.05) is 0 Å². The standard InChI is InChI=1S/C4H7ClO4S/c1-3(4(5)6)9-10(2,7)8/h3H,1-2H3/t3-/m1/s1. The molecular weight excluding hydrogens is 180 g/mol. The molecule has 0 fully saturated rings. The summed E-state index contributed by atoms with van der Waals surface area (Å²) in [5.41, 5.74) is 0. The first-order valence-corrected chi connectivity index (χ1v) is 4.60. The summed E-state index contributed by atoms with van der Waals surface area (Å²) >= 11 is 4.91. The Kier molecular flexibility index (Phi) is 3.27. The van der Waals surface area contributed by atoms with Crippen molar-refractivity contribution in [2.45, 2.75) is 13.0 Å². The third-order valence-electron chi connectivity index (χ3n) is 0.639. The maximum absolute atomic E-state index is 10.3. The zero-order valence-corrected chi connectivity index (χ0v) is 7.07. The Labute approximate surface area is 64.2 Å². The summed E-state index contributed by atoms with van der Waals surface area (Å²) in [4.78, 5) is 10.2. The Bertz CT molecular complexity index is 219. The van der Waals surface area contributed by atoms with Crippen molar-refractivity contribution in [3.05, 3.63) is 0 Å². The average Bonchev–Trinajstić information content (AvgIpc) is 1.60. The first-order chi connectivity index (χ1) is 4.33. The smallest absolute Gasteiger partial charge is 0.265 e. The summed E-state index contributed by atoms with van der Waals surface area (Å²) in [6.45, 7) is 1.26. The van der Waals surface area contributed by atoms with E-state index in [9.17, 15) is 13.2 Å². The molecule has 6 heteroatoms. The van der Waals surface area contributed by atoms with Crippen LogP contribution in [0.5, 0.6) is 0 Å². The molecule has 0 heterocycles. The van der Waals surface area contributed by atoms with Gasteiger partial charge in [-0.15, -0.1) is 0 Å². The van der Waals surface area contributed by atoms with Gasteiger partial charge in [0.25, 0.3) is 15.4 Å². The molecule has 0 aliphatic carbocycles. The second-order valence-electron chi connectivity index (χ2n) is 1.75. The van der Waals surface area contributed by atoms with E-state index >= 15 is 0 Å². The molecule has 0 N–H and O–H groups in total. The molecule has 0 saturated heterocycles. The molecule has 0 spiro atoms. The monoisotopic (exact) mass is 186 g/mol. The molecule has 4 nitrogen and oxygen atoms in total. The van der Waals surface area contributed by atoms with Crippen molar-refractivity contribution < 1.29 is 17.4 Å². The van der Waals surface area contributed by atoms with Gasteiger partial charge in [0.05, 0.1) is 6.26 Å². The molecule has 60 valence electrons. The van der Waals surface area contributed by atoms with Gasteiger partial charge in [0.1, 0.15) is 6.10 Å². The van der Waals surface area contributed by atoms with Gasteiger partial charge < -0.3 is 0 Å². The first kappa shape index (κ1) is 9.87. The van der Waals surface area contributed by atoms with Gasteiger partial charge in [-0.25, -0.2) is 0 Å². The van der Waals surface area contributed by atoms with Crippen LogP contribution < -0.4 is 0 Å². The van der Waals surface area contributed by atoms with Crippen LogP contribution in [0.4, 0.5) is 0 Å². The lowest BCUT2D eigenvalue weighted by molar-refractivity contribution is -0.117. The molecule has 0 amide bonds. The van der Waals surface area contributed by atoms with Crippen molar-refractivity contribution in [2.75, 3.05) is 6.26 Å². The second kappa shape index (κ2) is 3.32. The molecule has 0 aliphatic rings. The number of rotatable bonds is 3. The van der Waals surface area contributed by atoms with Crippen molar-refractivity contribution in [1.29, 1.82) is 0 Å². The maximum Gasteiger partial charge on any atom is 0.265 e. The van der Waals surface area contributed by atoms with E-state index in [-0.39, 0.29) is 0 Å². The van der Waals surface area contributed by atoms with Crippen molar-refractivity contribution in [1.82, 2.24) is 0 Å². The van der Waals surface area contributed by atoms with Crippen LogP contribution in [-0.2, 0) is 19.1 Å². The van der Waals surface area contributed by atoms with Gasteiger partial charge in [0.15, 0.2) is 0 Å². The van der Waals surface area contributed by atoms with Crippen LogP contribution in [-0.4, -0.2) is 26.0 Å². The van der Waals surface area contributed by atoms with Crippen LogP contribution in [0.3, 0.4) is 0 Å². The molecule has 0 aliphatic heterocycles. The van der Waals surface area contributed by atoms with Crippen LogP contribution in [0.1, 0.15) is 6.92 Å². The Hall–Kier alpha value is -0.130. The summed E-state index contributed by atoms with van der Waals surface area (Å²) in [5, 5.41) is -0.828. The van der Waals surface area contributed by atoms with Crippen LogP contribution >= 0.6 is 11.6 Å². The summed E-state index contributed by atoms with van der Waals surface area (Å²) in [6, 6.07) is 0. The quantitative estimate of drug-likeness (QED) is 0.464. The highest BCUT2D eigenvalue weighted by Crippen LogP contribution is 2.00.